The minimum absolute atomic E-state index is 0.195. The van der Waals surface area contributed by atoms with Crippen molar-refractivity contribution in [2.75, 3.05) is 13.2 Å². The van der Waals surface area contributed by atoms with Crippen molar-refractivity contribution in [2.24, 2.45) is 5.92 Å². The van der Waals surface area contributed by atoms with Gasteiger partial charge in [0.1, 0.15) is 5.83 Å². The minimum Gasteiger partial charge on any atom is -0.462 e. The predicted octanol–water partition coefficient (Wildman–Crippen LogP) is 5.35. The maximum Gasteiger partial charge on any atom is 0.341 e. The van der Waals surface area contributed by atoms with E-state index >= 15 is 0 Å². The van der Waals surface area contributed by atoms with Crippen LogP contribution < -0.4 is 0 Å². The van der Waals surface area contributed by atoms with Crippen molar-refractivity contribution >= 4 is 28.4 Å². The van der Waals surface area contributed by atoms with E-state index in [1.807, 2.05) is 24.3 Å². The van der Waals surface area contributed by atoms with Gasteiger partial charge >= 0.3 is 5.97 Å². The number of aromatic nitrogens is 1. The molecule has 0 spiro atoms. The van der Waals surface area contributed by atoms with Crippen LogP contribution in [-0.4, -0.2) is 34.9 Å². The maximum absolute atomic E-state index is 13.8. The molecular weight excluding hydrogens is 414 g/mol. The van der Waals surface area contributed by atoms with Gasteiger partial charge in [0.25, 0.3) is 0 Å². The first-order valence-corrected chi connectivity index (χ1v) is 11.0. The molecule has 0 saturated carbocycles. The molecule has 1 aromatic heterocycles. The first-order valence-electron chi connectivity index (χ1n) is 11.0. The third-order valence-corrected chi connectivity index (χ3v) is 5.92. The van der Waals surface area contributed by atoms with Crippen molar-refractivity contribution in [3.63, 3.8) is 0 Å². The predicted molar refractivity (Wildman–Crippen MR) is 119 cm³/mol. The summed E-state index contributed by atoms with van der Waals surface area (Å²) in [6, 6.07) is 7.84. The molecule has 0 radical (unpaired) electrons. The molecule has 2 aromatic rings. The Labute approximate surface area is 185 Å². The van der Waals surface area contributed by atoms with Crippen molar-refractivity contribution < 1.29 is 23.1 Å². The van der Waals surface area contributed by atoms with Crippen molar-refractivity contribution in [1.82, 2.24) is 9.88 Å². The van der Waals surface area contributed by atoms with Crippen LogP contribution in [0.4, 0.5) is 8.78 Å². The molecule has 0 fully saturated rings. The summed E-state index contributed by atoms with van der Waals surface area (Å²) >= 11 is 0. The summed E-state index contributed by atoms with van der Waals surface area (Å²) in [5, 5.41) is 1.04. The van der Waals surface area contributed by atoms with Gasteiger partial charge in [0.2, 0.25) is 5.91 Å². The molecule has 1 atom stereocenters. The molecule has 1 aliphatic carbocycles. The van der Waals surface area contributed by atoms with Crippen LogP contribution in [0.1, 0.15) is 43.9 Å². The number of hydrogen-bond acceptors (Lipinski definition) is 3. The lowest BCUT2D eigenvalue weighted by Crippen LogP contribution is -2.34. The average molecular weight is 440 g/mol. The number of H-pyrrole nitrogens is 1. The topological polar surface area (TPSA) is 62.4 Å². The normalized spacial score (nSPS) is 21.2. The number of carbonyl (C=O) groups excluding carboxylic acids is 2. The van der Waals surface area contributed by atoms with Gasteiger partial charge in [-0.1, -0.05) is 30.7 Å². The zero-order chi connectivity index (χ0) is 22.7. The Hall–Kier alpha value is -3.22. The van der Waals surface area contributed by atoms with Crippen molar-refractivity contribution in [3.05, 3.63) is 65.5 Å². The van der Waals surface area contributed by atoms with Crippen LogP contribution in [0.15, 0.2) is 54.3 Å². The Kier molecular flexibility index (Phi) is 6.53. The molecule has 2 aliphatic rings. The number of halogens is 2. The second-order valence-electron chi connectivity index (χ2n) is 8.05. The van der Waals surface area contributed by atoms with Gasteiger partial charge < -0.3 is 14.6 Å². The Morgan fingerprint density at radius 3 is 2.78 bits per heavy atom. The van der Waals surface area contributed by atoms with Crippen LogP contribution in [0.2, 0.25) is 0 Å². The molecule has 7 heteroatoms. The minimum atomic E-state index is -0.944. The van der Waals surface area contributed by atoms with Gasteiger partial charge in [-0.25, -0.2) is 13.6 Å². The van der Waals surface area contributed by atoms with E-state index in [4.69, 9.17) is 4.74 Å². The molecule has 1 aliphatic heterocycles. The molecule has 4 rings (SSSR count). The van der Waals surface area contributed by atoms with E-state index in [0.717, 1.165) is 48.2 Å². The Morgan fingerprint density at radius 1 is 1.19 bits per heavy atom. The molecule has 0 bridgehead atoms. The van der Waals surface area contributed by atoms with Gasteiger partial charge in [-0.15, -0.1) is 0 Å². The Bertz CT molecular complexity index is 1130. The van der Waals surface area contributed by atoms with Crippen LogP contribution >= 0.6 is 0 Å². The highest BCUT2D eigenvalue weighted by Crippen LogP contribution is 2.32. The highest BCUT2D eigenvalue weighted by molar-refractivity contribution is 6.18. The van der Waals surface area contributed by atoms with E-state index in [9.17, 15) is 18.4 Å². The van der Waals surface area contributed by atoms with E-state index in [2.05, 4.69) is 4.98 Å². The number of nitrogens with one attached hydrogen (secondary N) is 1. The summed E-state index contributed by atoms with van der Waals surface area (Å²) in [5.74, 6) is -3.60. The number of aryl methyl sites for hydroxylation is 1. The van der Waals surface area contributed by atoms with E-state index in [-0.39, 0.29) is 24.5 Å². The average Bonchev–Trinajstić information content (AvgIpc) is 3.16. The van der Waals surface area contributed by atoms with Crippen LogP contribution in [0.3, 0.4) is 0 Å². The summed E-state index contributed by atoms with van der Waals surface area (Å²) in [5.41, 5.74) is 2.82. The summed E-state index contributed by atoms with van der Waals surface area (Å²) in [6.07, 6.45) is 6.90. The molecule has 1 unspecified atom stereocenters. The first-order chi connectivity index (χ1) is 15.5. The van der Waals surface area contributed by atoms with Gasteiger partial charge in [0, 0.05) is 30.1 Å². The van der Waals surface area contributed by atoms with Gasteiger partial charge in [0.15, 0.2) is 5.83 Å². The summed E-state index contributed by atoms with van der Waals surface area (Å²) < 4.78 is 32.5. The number of para-hydroxylation sites is 1. The Morgan fingerprint density at radius 2 is 2.00 bits per heavy atom. The number of fused-ring (bicyclic) bond motifs is 3. The van der Waals surface area contributed by atoms with Crippen molar-refractivity contribution in [3.8, 4) is 0 Å². The maximum atomic E-state index is 13.8. The quantitative estimate of drug-likeness (QED) is 0.654. The SMILES string of the molecule is CCOC(=O)/C1=C/N(C(=O)C2C=CC(F)=C(F)C2)CCCCCc2c1[nH]c1ccccc21. The number of rotatable bonds is 3. The fourth-order valence-corrected chi connectivity index (χ4v) is 4.30. The highest BCUT2D eigenvalue weighted by atomic mass is 19.2. The van der Waals surface area contributed by atoms with Crippen LogP contribution in [-0.2, 0) is 20.7 Å². The second kappa shape index (κ2) is 9.51. The summed E-state index contributed by atoms with van der Waals surface area (Å²) in [7, 11) is 0. The number of aromatic amines is 1. The van der Waals surface area contributed by atoms with E-state index < -0.39 is 23.5 Å². The van der Waals surface area contributed by atoms with Gasteiger partial charge in [0.05, 0.1) is 23.8 Å². The number of esters is 1. The fraction of sp³-hybridized carbons (Fsp3) is 0.360. The lowest BCUT2D eigenvalue weighted by molar-refractivity contribution is -0.136. The van der Waals surface area contributed by atoms with Crippen LogP contribution in [0.25, 0.3) is 16.5 Å². The third-order valence-electron chi connectivity index (χ3n) is 5.92. The number of benzene rings is 1. The monoisotopic (exact) mass is 440 g/mol. The van der Waals surface area contributed by atoms with Gasteiger partial charge in [-0.05, 0) is 43.9 Å². The Balaban J connectivity index is 1.79. The molecule has 168 valence electrons. The molecule has 1 aromatic carbocycles. The lowest BCUT2D eigenvalue weighted by Gasteiger charge is -2.25. The van der Waals surface area contributed by atoms with Gasteiger partial charge in [-0.2, -0.15) is 0 Å². The number of allylic oxidation sites excluding steroid dienone is 3. The smallest absolute Gasteiger partial charge is 0.341 e. The van der Waals surface area contributed by atoms with Crippen molar-refractivity contribution in [2.45, 2.75) is 39.0 Å². The molecule has 5 nitrogen and oxygen atoms in total. The number of nitrogens with zero attached hydrogens (tertiary/aromatic N) is 1. The summed E-state index contributed by atoms with van der Waals surface area (Å²) in [6.45, 7) is 2.31. The lowest BCUT2D eigenvalue weighted by atomic mass is 9.96. The molecule has 1 N–H and O–H groups in total. The molecular formula is C25H26F2N2O3. The second-order valence-corrected chi connectivity index (χ2v) is 8.05. The molecule has 32 heavy (non-hydrogen) atoms. The zero-order valence-corrected chi connectivity index (χ0v) is 18.0. The number of carbonyl (C=O) groups is 2. The highest BCUT2D eigenvalue weighted by Gasteiger charge is 2.29. The fourth-order valence-electron chi connectivity index (χ4n) is 4.30. The summed E-state index contributed by atoms with van der Waals surface area (Å²) in [4.78, 5) is 31.0. The first kappa shape index (κ1) is 22.0. The zero-order valence-electron chi connectivity index (χ0n) is 18.0. The molecule has 1 amide bonds. The number of hydrogen-bond donors (Lipinski definition) is 1. The largest absolute Gasteiger partial charge is 0.462 e. The van der Waals surface area contributed by atoms with Crippen LogP contribution in [0, 0.1) is 5.92 Å². The van der Waals surface area contributed by atoms with E-state index in [0.29, 0.717) is 12.2 Å². The third kappa shape index (κ3) is 4.38. The van der Waals surface area contributed by atoms with E-state index in [1.165, 1.54) is 17.2 Å². The number of amides is 1. The standard InChI is InChI=1S/C25H26F2N2O3/c1-2-32-25(31)19-15-29(24(30)16-11-12-20(26)21(27)14-16)13-7-3-4-9-18-17-8-5-6-10-22(17)28-23(18)19/h5-6,8,10-12,15-16,28H,2-4,7,9,13-14H2,1H3/b19-15+. The van der Waals surface area contributed by atoms with Crippen molar-refractivity contribution in [1.29, 1.82) is 0 Å². The van der Waals surface area contributed by atoms with E-state index in [1.54, 1.807) is 6.92 Å². The molecule has 2 heterocycles. The van der Waals surface area contributed by atoms with Gasteiger partial charge in [-0.3, -0.25) is 4.79 Å². The van der Waals surface area contributed by atoms with Crippen LogP contribution in [0.5, 0.6) is 0 Å². The number of ether oxygens (including phenoxy) is 1. The molecule has 0 saturated heterocycles.